The van der Waals surface area contributed by atoms with Gasteiger partial charge in [-0.2, -0.15) is 5.10 Å². The van der Waals surface area contributed by atoms with E-state index in [0.29, 0.717) is 15.6 Å². The average Bonchev–Trinajstić information content (AvgIpc) is 2.88. The van der Waals surface area contributed by atoms with E-state index >= 15 is 0 Å². The highest BCUT2D eigenvalue weighted by atomic mass is 32.2. The molecule has 2 heterocycles. The molecule has 0 fully saturated rings. The molecule has 18 heavy (non-hydrogen) atoms. The third-order valence-corrected chi connectivity index (χ3v) is 5.57. The Labute approximate surface area is 114 Å². The van der Waals surface area contributed by atoms with E-state index in [4.69, 9.17) is 12.2 Å². The number of sulfone groups is 1. The summed E-state index contributed by atoms with van der Waals surface area (Å²) >= 11 is 6.34. The molecule has 0 aliphatic carbocycles. The SMILES string of the molecule is CCS(=O)(=O)Cc1ncc(-c2n[nH]c(=S)n2C)s1. The summed E-state index contributed by atoms with van der Waals surface area (Å²) in [6.45, 7) is 1.63. The lowest BCUT2D eigenvalue weighted by Crippen LogP contribution is -2.05. The van der Waals surface area contributed by atoms with Crippen LogP contribution in [0.5, 0.6) is 0 Å². The fourth-order valence-corrected chi connectivity index (χ4v) is 3.64. The van der Waals surface area contributed by atoms with Gasteiger partial charge >= 0.3 is 0 Å². The molecule has 98 valence electrons. The Kier molecular flexibility index (Phi) is 3.64. The number of H-pyrrole nitrogens is 1. The smallest absolute Gasteiger partial charge is 0.195 e. The molecule has 0 aromatic carbocycles. The second kappa shape index (κ2) is 4.90. The van der Waals surface area contributed by atoms with Crippen LogP contribution >= 0.6 is 23.6 Å². The molecule has 0 saturated heterocycles. The lowest BCUT2D eigenvalue weighted by Gasteiger charge is -1.96. The van der Waals surface area contributed by atoms with E-state index in [-0.39, 0.29) is 11.5 Å². The first-order chi connectivity index (χ1) is 8.43. The minimum Gasteiger partial charge on any atom is -0.303 e. The summed E-state index contributed by atoms with van der Waals surface area (Å²) in [5, 5.41) is 7.33. The first kappa shape index (κ1) is 13.4. The first-order valence-electron chi connectivity index (χ1n) is 5.20. The molecule has 0 amide bonds. The lowest BCUT2D eigenvalue weighted by molar-refractivity contribution is 0.596. The molecule has 0 atom stereocenters. The zero-order valence-corrected chi connectivity index (χ0v) is 12.3. The molecule has 0 aliphatic heterocycles. The summed E-state index contributed by atoms with van der Waals surface area (Å²) in [5.74, 6) is 0.759. The maximum Gasteiger partial charge on any atom is 0.195 e. The van der Waals surface area contributed by atoms with Crippen LogP contribution < -0.4 is 0 Å². The van der Waals surface area contributed by atoms with Gasteiger partial charge in [0.2, 0.25) is 0 Å². The predicted molar refractivity (Wildman–Crippen MR) is 72.7 cm³/mol. The van der Waals surface area contributed by atoms with Crippen LogP contribution in [0.1, 0.15) is 11.9 Å². The Bertz CT molecular complexity index is 710. The lowest BCUT2D eigenvalue weighted by atomic mass is 10.5. The van der Waals surface area contributed by atoms with Crippen LogP contribution in [0.2, 0.25) is 0 Å². The number of hydrogen-bond donors (Lipinski definition) is 1. The Balaban J connectivity index is 2.32. The van der Waals surface area contributed by atoms with E-state index in [9.17, 15) is 8.42 Å². The third kappa shape index (κ3) is 2.68. The Morgan fingerprint density at radius 2 is 2.28 bits per heavy atom. The summed E-state index contributed by atoms with van der Waals surface area (Å²) in [7, 11) is -1.26. The molecule has 2 aromatic rings. The Morgan fingerprint density at radius 3 is 2.83 bits per heavy atom. The van der Waals surface area contributed by atoms with Crippen molar-refractivity contribution < 1.29 is 8.42 Å². The van der Waals surface area contributed by atoms with Gasteiger partial charge in [-0.05, 0) is 12.2 Å². The van der Waals surface area contributed by atoms with Gasteiger partial charge in [0.05, 0.1) is 4.88 Å². The number of thiazole rings is 1. The van der Waals surface area contributed by atoms with E-state index < -0.39 is 9.84 Å². The number of nitrogens with one attached hydrogen (secondary N) is 1. The van der Waals surface area contributed by atoms with Crippen molar-refractivity contribution in [2.75, 3.05) is 5.75 Å². The van der Waals surface area contributed by atoms with Gasteiger partial charge in [0, 0.05) is 19.0 Å². The van der Waals surface area contributed by atoms with E-state index in [1.807, 2.05) is 0 Å². The van der Waals surface area contributed by atoms with Crippen LogP contribution in [0.25, 0.3) is 10.7 Å². The van der Waals surface area contributed by atoms with E-state index in [0.717, 1.165) is 4.88 Å². The molecular formula is C9H12N4O2S3. The molecule has 0 bridgehead atoms. The van der Waals surface area contributed by atoms with Gasteiger partial charge in [0.15, 0.2) is 20.4 Å². The predicted octanol–water partition coefficient (Wildman–Crippen LogP) is 1.54. The first-order valence-corrected chi connectivity index (χ1v) is 8.24. The molecule has 6 nitrogen and oxygen atoms in total. The van der Waals surface area contributed by atoms with Crippen molar-refractivity contribution in [3.63, 3.8) is 0 Å². The van der Waals surface area contributed by atoms with Crippen LogP contribution in [-0.2, 0) is 22.6 Å². The van der Waals surface area contributed by atoms with Crippen molar-refractivity contribution in [2.45, 2.75) is 12.7 Å². The minimum atomic E-state index is -3.05. The van der Waals surface area contributed by atoms with Crippen molar-refractivity contribution in [2.24, 2.45) is 7.05 Å². The molecule has 2 rings (SSSR count). The Hall–Kier alpha value is -1.06. The fraction of sp³-hybridized carbons (Fsp3) is 0.444. The molecule has 0 aliphatic rings. The summed E-state index contributed by atoms with van der Waals surface area (Å²) in [4.78, 5) is 4.91. The monoisotopic (exact) mass is 304 g/mol. The fourth-order valence-electron chi connectivity index (χ4n) is 1.34. The summed E-state index contributed by atoms with van der Waals surface area (Å²) < 4.78 is 25.3. The van der Waals surface area contributed by atoms with Gasteiger partial charge in [-0.3, -0.25) is 5.10 Å². The van der Waals surface area contributed by atoms with E-state index in [1.54, 1.807) is 24.7 Å². The maximum atomic E-state index is 11.5. The minimum absolute atomic E-state index is 0.0248. The number of aromatic nitrogens is 4. The van der Waals surface area contributed by atoms with Crippen molar-refractivity contribution in [1.82, 2.24) is 19.7 Å². The number of rotatable bonds is 4. The normalized spacial score (nSPS) is 11.9. The maximum absolute atomic E-state index is 11.5. The highest BCUT2D eigenvalue weighted by molar-refractivity contribution is 7.90. The van der Waals surface area contributed by atoms with Crippen molar-refractivity contribution in [3.8, 4) is 10.7 Å². The van der Waals surface area contributed by atoms with Gasteiger partial charge < -0.3 is 4.57 Å². The van der Waals surface area contributed by atoms with Gasteiger partial charge in [0.1, 0.15) is 10.8 Å². The standard InChI is InChI=1S/C9H12N4O2S3/c1-3-18(14,15)5-7-10-4-6(17-7)8-11-12-9(16)13(8)2/h4H,3,5H2,1-2H3,(H,12,16). The zero-order valence-electron chi connectivity index (χ0n) is 9.87. The van der Waals surface area contributed by atoms with Crippen molar-refractivity contribution in [1.29, 1.82) is 0 Å². The van der Waals surface area contributed by atoms with Crippen molar-refractivity contribution in [3.05, 3.63) is 16.0 Å². The van der Waals surface area contributed by atoms with Crippen LogP contribution in [0.3, 0.4) is 0 Å². The number of nitrogens with zero attached hydrogens (tertiary/aromatic N) is 3. The van der Waals surface area contributed by atoms with Crippen molar-refractivity contribution >= 4 is 33.4 Å². The molecule has 0 radical (unpaired) electrons. The van der Waals surface area contributed by atoms with Crippen LogP contribution in [0.4, 0.5) is 0 Å². The molecular weight excluding hydrogens is 292 g/mol. The molecule has 9 heteroatoms. The summed E-state index contributed by atoms with van der Waals surface area (Å²) in [5.41, 5.74) is 0. The molecule has 0 spiro atoms. The topological polar surface area (TPSA) is 80.6 Å². The highest BCUT2D eigenvalue weighted by Gasteiger charge is 2.15. The van der Waals surface area contributed by atoms with Gasteiger partial charge in [-0.1, -0.05) is 6.92 Å². The van der Waals surface area contributed by atoms with Crippen LogP contribution in [-0.4, -0.2) is 33.9 Å². The second-order valence-electron chi connectivity index (χ2n) is 3.71. The van der Waals surface area contributed by atoms with Crippen LogP contribution in [0, 0.1) is 4.77 Å². The Morgan fingerprint density at radius 1 is 1.56 bits per heavy atom. The third-order valence-electron chi connectivity index (χ3n) is 2.44. The largest absolute Gasteiger partial charge is 0.303 e. The molecule has 1 N–H and O–H groups in total. The van der Waals surface area contributed by atoms with Gasteiger partial charge in [-0.25, -0.2) is 13.4 Å². The molecule has 0 unspecified atom stereocenters. The van der Waals surface area contributed by atoms with Crippen LogP contribution in [0.15, 0.2) is 6.20 Å². The quantitative estimate of drug-likeness (QED) is 0.867. The molecule has 2 aromatic heterocycles. The summed E-state index contributed by atoms with van der Waals surface area (Å²) in [6.07, 6.45) is 1.62. The number of hydrogen-bond acceptors (Lipinski definition) is 6. The highest BCUT2D eigenvalue weighted by Crippen LogP contribution is 2.25. The summed E-state index contributed by atoms with van der Waals surface area (Å²) in [6, 6.07) is 0. The molecule has 0 saturated carbocycles. The zero-order chi connectivity index (χ0) is 13.3. The van der Waals surface area contributed by atoms with Gasteiger partial charge in [-0.15, -0.1) is 11.3 Å². The van der Waals surface area contributed by atoms with E-state index in [1.165, 1.54) is 11.3 Å². The van der Waals surface area contributed by atoms with Gasteiger partial charge in [0.25, 0.3) is 0 Å². The number of aromatic amines is 1. The second-order valence-corrected chi connectivity index (χ2v) is 7.56. The van der Waals surface area contributed by atoms with E-state index in [2.05, 4.69) is 15.2 Å². The average molecular weight is 304 g/mol.